The minimum absolute atomic E-state index is 0.0897. The smallest absolute Gasteiger partial charge is 0.375 e. The molecule has 0 bridgehead atoms. The second kappa shape index (κ2) is 4.14. The Labute approximate surface area is 77.7 Å². The molecule has 5 nitrogen and oxygen atoms in total. The quantitative estimate of drug-likeness (QED) is 0.733. The van der Waals surface area contributed by atoms with Crippen molar-refractivity contribution in [1.82, 2.24) is 10.5 Å². The number of carbonyl (C=O) groups is 1. The van der Waals surface area contributed by atoms with Crippen molar-refractivity contribution < 1.29 is 23.2 Å². The molecular formula is C7H8F2N2O3. The maximum Gasteiger partial charge on any atom is 0.375 e. The molecule has 0 fully saturated rings. The fourth-order valence-electron chi connectivity index (χ4n) is 0.753. The molecule has 0 aliphatic rings. The number of aliphatic carboxylic acids is 1. The lowest BCUT2D eigenvalue weighted by Gasteiger charge is -2.10. The SMILES string of the molecule is O=C(O)C(F)(F)CNCc1cnoc1. The Morgan fingerprint density at radius 2 is 2.43 bits per heavy atom. The third kappa shape index (κ3) is 2.77. The van der Waals surface area contributed by atoms with E-state index in [9.17, 15) is 13.6 Å². The highest BCUT2D eigenvalue weighted by Gasteiger charge is 2.38. The minimum Gasteiger partial charge on any atom is -0.477 e. The third-order valence-electron chi connectivity index (χ3n) is 1.47. The van der Waals surface area contributed by atoms with Gasteiger partial charge in [-0.05, 0) is 0 Å². The molecule has 0 aliphatic carbocycles. The summed E-state index contributed by atoms with van der Waals surface area (Å²) in [5.41, 5.74) is 0.575. The van der Waals surface area contributed by atoms with Crippen LogP contribution >= 0.6 is 0 Å². The normalized spacial score (nSPS) is 11.6. The van der Waals surface area contributed by atoms with Crippen molar-refractivity contribution in [3.05, 3.63) is 18.0 Å². The van der Waals surface area contributed by atoms with E-state index in [1.54, 1.807) is 0 Å². The van der Waals surface area contributed by atoms with Gasteiger partial charge in [-0.1, -0.05) is 5.16 Å². The summed E-state index contributed by atoms with van der Waals surface area (Å²) in [7, 11) is 0. The first-order chi connectivity index (χ1) is 6.52. The molecule has 78 valence electrons. The fourth-order valence-corrected chi connectivity index (χ4v) is 0.753. The Morgan fingerprint density at radius 3 is 2.93 bits per heavy atom. The molecular weight excluding hydrogens is 198 g/mol. The van der Waals surface area contributed by atoms with Crippen LogP contribution in [0.1, 0.15) is 5.56 Å². The number of carboxylic acids is 1. The maximum atomic E-state index is 12.5. The highest BCUT2D eigenvalue weighted by Crippen LogP contribution is 2.11. The van der Waals surface area contributed by atoms with E-state index >= 15 is 0 Å². The van der Waals surface area contributed by atoms with Crippen LogP contribution < -0.4 is 5.32 Å². The van der Waals surface area contributed by atoms with Gasteiger partial charge in [0.25, 0.3) is 0 Å². The van der Waals surface area contributed by atoms with Crippen LogP contribution in [0.2, 0.25) is 0 Å². The van der Waals surface area contributed by atoms with E-state index < -0.39 is 18.4 Å². The number of nitrogens with zero attached hydrogens (tertiary/aromatic N) is 1. The van der Waals surface area contributed by atoms with Crippen LogP contribution in [-0.4, -0.2) is 28.7 Å². The molecule has 1 heterocycles. The predicted molar refractivity (Wildman–Crippen MR) is 40.8 cm³/mol. The van der Waals surface area contributed by atoms with Crippen LogP contribution in [0.3, 0.4) is 0 Å². The van der Waals surface area contributed by atoms with Gasteiger partial charge in [-0.2, -0.15) is 8.78 Å². The van der Waals surface area contributed by atoms with Crippen molar-refractivity contribution in [3.8, 4) is 0 Å². The van der Waals surface area contributed by atoms with Gasteiger partial charge in [0.05, 0.1) is 12.7 Å². The van der Waals surface area contributed by atoms with Crippen molar-refractivity contribution in [2.24, 2.45) is 0 Å². The third-order valence-corrected chi connectivity index (χ3v) is 1.47. The average molecular weight is 206 g/mol. The molecule has 2 N–H and O–H groups in total. The summed E-state index contributed by atoms with van der Waals surface area (Å²) >= 11 is 0. The van der Waals surface area contributed by atoms with Gasteiger partial charge >= 0.3 is 11.9 Å². The van der Waals surface area contributed by atoms with Crippen LogP contribution in [0.25, 0.3) is 0 Å². The molecule has 1 aromatic rings. The molecule has 0 saturated heterocycles. The van der Waals surface area contributed by atoms with E-state index in [-0.39, 0.29) is 6.54 Å². The molecule has 0 radical (unpaired) electrons. The summed E-state index contributed by atoms with van der Waals surface area (Å²) in [6.07, 6.45) is 2.64. The molecule has 0 saturated carbocycles. The lowest BCUT2D eigenvalue weighted by Crippen LogP contribution is -2.39. The lowest BCUT2D eigenvalue weighted by atomic mass is 10.3. The highest BCUT2D eigenvalue weighted by atomic mass is 19.3. The molecule has 0 aliphatic heterocycles. The van der Waals surface area contributed by atoms with Crippen molar-refractivity contribution in [2.75, 3.05) is 6.54 Å². The molecule has 1 rings (SSSR count). The van der Waals surface area contributed by atoms with E-state index in [1.807, 2.05) is 0 Å². The number of alkyl halides is 2. The van der Waals surface area contributed by atoms with Gasteiger partial charge in [0.15, 0.2) is 0 Å². The van der Waals surface area contributed by atoms with Crippen LogP contribution in [0.15, 0.2) is 17.0 Å². The zero-order chi connectivity index (χ0) is 10.6. The first-order valence-electron chi connectivity index (χ1n) is 3.72. The van der Waals surface area contributed by atoms with Gasteiger partial charge in [-0.15, -0.1) is 0 Å². The summed E-state index contributed by atoms with van der Waals surface area (Å²) in [5, 5.41) is 13.7. The van der Waals surface area contributed by atoms with Crippen LogP contribution in [0, 0.1) is 0 Å². The second-order valence-electron chi connectivity index (χ2n) is 2.65. The van der Waals surface area contributed by atoms with Gasteiger partial charge in [-0.3, -0.25) is 0 Å². The Balaban J connectivity index is 2.31. The topological polar surface area (TPSA) is 75.4 Å². The monoisotopic (exact) mass is 206 g/mol. The summed E-state index contributed by atoms with van der Waals surface area (Å²) < 4.78 is 29.4. The fraction of sp³-hybridized carbons (Fsp3) is 0.429. The maximum absolute atomic E-state index is 12.5. The first kappa shape index (κ1) is 10.6. The van der Waals surface area contributed by atoms with Gasteiger partial charge in [0.1, 0.15) is 6.26 Å². The van der Waals surface area contributed by atoms with Gasteiger partial charge in [0.2, 0.25) is 0 Å². The second-order valence-corrected chi connectivity index (χ2v) is 2.65. The first-order valence-corrected chi connectivity index (χ1v) is 3.72. The molecule has 0 amide bonds. The van der Waals surface area contributed by atoms with Gasteiger partial charge in [0, 0.05) is 12.1 Å². The Morgan fingerprint density at radius 1 is 1.71 bits per heavy atom. The molecule has 7 heteroatoms. The van der Waals surface area contributed by atoms with E-state index in [0.29, 0.717) is 5.56 Å². The van der Waals surface area contributed by atoms with E-state index in [0.717, 1.165) is 0 Å². The van der Waals surface area contributed by atoms with Crippen molar-refractivity contribution in [3.63, 3.8) is 0 Å². The number of rotatable bonds is 5. The number of aromatic nitrogens is 1. The zero-order valence-corrected chi connectivity index (χ0v) is 7.04. The van der Waals surface area contributed by atoms with Crippen LogP contribution in [0.5, 0.6) is 0 Å². The Kier molecular flexibility index (Phi) is 3.13. The summed E-state index contributed by atoms with van der Waals surface area (Å²) in [5.74, 6) is -5.90. The van der Waals surface area contributed by atoms with Gasteiger partial charge in [-0.25, -0.2) is 4.79 Å². The molecule has 0 spiro atoms. The van der Waals surface area contributed by atoms with Gasteiger partial charge < -0.3 is 14.9 Å². The molecule has 14 heavy (non-hydrogen) atoms. The zero-order valence-electron chi connectivity index (χ0n) is 7.04. The molecule has 0 aromatic carbocycles. The van der Waals surface area contributed by atoms with Crippen molar-refractivity contribution >= 4 is 5.97 Å². The predicted octanol–water partition coefficient (Wildman–Crippen LogP) is 0.484. The molecule has 0 atom stereocenters. The van der Waals surface area contributed by atoms with E-state index in [1.165, 1.54) is 12.5 Å². The summed E-state index contributed by atoms with van der Waals surface area (Å²) in [6, 6.07) is 0. The Bertz CT molecular complexity index is 300. The Hall–Kier alpha value is -1.50. The minimum atomic E-state index is -3.75. The number of hydrogen-bond acceptors (Lipinski definition) is 4. The average Bonchev–Trinajstić information content (AvgIpc) is 2.56. The lowest BCUT2D eigenvalue weighted by molar-refractivity contribution is -0.164. The number of hydrogen-bond donors (Lipinski definition) is 2. The molecule has 1 aromatic heterocycles. The number of halogens is 2. The van der Waals surface area contributed by atoms with E-state index in [2.05, 4.69) is 15.0 Å². The summed E-state index contributed by atoms with van der Waals surface area (Å²) in [6.45, 7) is -0.833. The number of nitrogens with one attached hydrogen (secondary N) is 1. The largest absolute Gasteiger partial charge is 0.477 e. The summed E-state index contributed by atoms with van der Waals surface area (Å²) in [4.78, 5) is 9.99. The van der Waals surface area contributed by atoms with Crippen LogP contribution in [-0.2, 0) is 11.3 Å². The standard InChI is InChI=1S/C7H8F2N2O3/c8-7(9,6(12)13)4-10-1-5-2-11-14-3-5/h2-3,10H,1,4H2,(H,12,13). The van der Waals surface area contributed by atoms with E-state index in [4.69, 9.17) is 5.11 Å². The van der Waals surface area contributed by atoms with Crippen LogP contribution in [0.4, 0.5) is 8.78 Å². The molecule has 0 unspecified atom stereocenters. The number of carboxylic acid groups (broad SMARTS) is 1. The highest BCUT2D eigenvalue weighted by molar-refractivity contribution is 5.75. The van der Waals surface area contributed by atoms with Crippen molar-refractivity contribution in [1.29, 1.82) is 0 Å². The van der Waals surface area contributed by atoms with Crippen molar-refractivity contribution in [2.45, 2.75) is 12.5 Å².